The highest BCUT2D eigenvalue weighted by molar-refractivity contribution is 5.29. The molecule has 0 aromatic carbocycles. The molecule has 0 amide bonds. The van der Waals surface area contributed by atoms with E-state index < -0.39 is 0 Å². The molecule has 1 saturated heterocycles. The second-order valence-electron chi connectivity index (χ2n) is 4.84. The van der Waals surface area contributed by atoms with Gasteiger partial charge in [0.05, 0.1) is 5.69 Å². The Morgan fingerprint density at radius 1 is 1.53 bits per heavy atom. The maximum absolute atomic E-state index is 5.58. The molecule has 17 heavy (non-hydrogen) atoms. The van der Waals surface area contributed by atoms with E-state index in [4.69, 9.17) is 4.42 Å². The van der Waals surface area contributed by atoms with E-state index in [9.17, 15) is 0 Å². The predicted molar refractivity (Wildman–Crippen MR) is 69.2 cm³/mol. The summed E-state index contributed by atoms with van der Waals surface area (Å²) in [5.74, 6) is 0. The van der Waals surface area contributed by atoms with Crippen LogP contribution in [0.5, 0.6) is 0 Å². The molecule has 1 aromatic rings. The van der Waals surface area contributed by atoms with Gasteiger partial charge < -0.3 is 14.6 Å². The third-order valence-electron chi connectivity index (χ3n) is 3.32. The Morgan fingerprint density at radius 2 is 2.41 bits per heavy atom. The second-order valence-corrected chi connectivity index (χ2v) is 4.84. The van der Waals surface area contributed by atoms with E-state index >= 15 is 0 Å². The molecule has 0 aliphatic carbocycles. The third-order valence-corrected chi connectivity index (χ3v) is 3.32. The number of nitrogens with one attached hydrogen (secondary N) is 1. The zero-order valence-electron chi connectivity index (χ0n) is 10.9. The van der Waals surface area contributed by atoms with Crippen LogP contribution in [0, 0.1) is 0 Å². The molecule has 2 heterocycles. The average Bonchev–Trinajstić information content (AvgIpc) is 2.79. The Labute approximate surface area is 103 Å². The van der Waals surface area contributed by atoms with Gasteiger partial charge in [0.15, 0.2) is 0 Å². The minimum Gasteiger partial charge on any atom is -0.432 e. The normalized spacial score (nSPS) is 20.8. The van der Waals surface area contributed by atoms with E-state index in [1.807, 2.05) is 0 Å². The van der Waals surface area contributed by atoms with Crippen LogP contribution in [-0.4, -0.2) is 24.1 Å². The van der Waals surface area contributed by atoms with Gasteiger partial charge in [-0.3, -0.25) is 0 Å². The number of anilines is 1. The largest absolute Gasteiger partial charge is 0.432 e. The van der Waals surface area contributed by atoms with Crippen LogP contribution in [-0.2, 0) is 6.54 Å². The van der Waals surface area contributed by atoms with Gasteiger partial charge in [-0.2, -0.15) is 4.98 Å². The van der Waals surface area contributed by atoms with Gasteiger partial charge in [-0.05, 0) is 39.2 Å². The van der Waals surface area contributed by atoms with Gasteiger partial charge in [-0.15, -0.1) is 0 Å². The van der Waals surface area contributed by atoms with Crippen molar-refractivity contribution in [2.45, 2.75) is 52.1 Å². The smallest absolute Gasteiger partial charge is 0.297 e. The molecule has 0 saturated carbocycles. The fourth-order valence-electron chi connectivity index (χ4n) is 2.28. The highest BCUT2D eigenvalue weighted by atomic mass is 16.4. The maximum Gasteiger partial charge on any atom is 0.297 e. The molecule has 4 heteroatoms. The highest BCUT2D eigenvalue weighted by Gasteiger charge is 2.22. The molecular formula is C13H23N3O. The first-order chi connectivity index (χ1) is 8.31. The maximum atomic E-state index is 5.58. The van der Waals surface area contributed by atoms with E-state index in [-0.39, 0.29) is 0 Å². The van der Waals surface area contributed by atoms with Gasteiger partial charge in [0.2, 0.25) is 0 Å². The van der Waals surface area contributed by atoms with E-state index in [1.54, 1.807) is 6.26 Å². The van der Waals surface area contributed by atoms with Gasteiger partial charge in [0, 0.05) is 19.1 Å². The molecule has 96 valence electrons. The van der Waals surface area contributed by atoms with Crippen molar-refractivity contribution in [1.82, 2.24) is 10.3 Å². The van der Waals surface area contributed by atoms with Gasteiger partial charge in [-0.1, -0.05) is 6.92 Å². The highest BCUT2D eigenvalue weighted by Crippen LogP contribution is 2.23. The van der Waals surface area contributed by atoms with E-state index in [2.05, 4.69) is 29.0 Å². The van der Waals surface area contributed by atoms with Crippen molar-refractivity contribution >= 4 is 6.01 Å². The summed E-state index contributed by atoms with van der Waals surface area (Å²) in [4.78, 5) is 6.84. The molecule has 1 fully saturated rings. The van der Waals surface area contributed by atoms with Crippen molar-refractivity contribution in [1.29, 1.82) is 0 Å². The quantitative estimate of drug-likeness (QED) is 0.799. The van der Waals surface area contributed by atoms with Crippen LogP contribution >= 0.6 is 0 Å². The summed E-state index contributed by atoms with van der Waals surface area (Å²) in [6.07, 6.45) is 6.73. The van der Waals surface area contributed by atoms with E-state index in [1.165, 1.54) is 19.3 Å². The Bertz CT molecular complexity index is 337. The molecule has 0 radical (unpaired) electrons. The number of rotatable bonds is 5. The number of hydrogen-bond donors (Lipinski definition) is 1. The summed E-state index contributed by atoms with van der Waals surface area (Å²) in [5.41, 5.74) is 1.01. The fourth-order valence-corrected chi connectivity index (χ4v) is 2.28. The zero-order valence-corrected chi connectivity index (χ0v) is 10.9. The standard InChI is InChI=1S/C13H23N3O/c1-3-7-14-9-12-10-17-13(15-12)16-8-5-4-6-11(16)2/h10-11,14H,3-9H2,1-2H3. The molecule has 2 rings (SSSR count). The molecule has 1 unspecified atom stereocenters. The van der Waals surface area contributed by atoms with Crippen LogP contribution in [0.2, 0.25) is 0 Å². The molecule has 1 aliphatic rings. The Hall–Kier alpha value is -1.03. The Balaban J connectivity index is 1.92. The van der Waals surface area contributed by atoms with Gasteiger partial charge in [-0.25, -0.2) is 0 Å². The van der Waals surface area contributed by atoms with Crippen LogP contribution in [0.1, 0.15) is 45.2 Å². The van der Waals surface area contributed by atoms with Crippen LogP contribution < -0.4 is 10.2 Å². The zero-order chi connectivity index (χ0) is 12.1. The topological polar surface area (TPSA) is 41.3 Å². The minimum absolute atomic E-state index is 0.554. The first-order valence-corrected chi connectivity index (χ1v) is 6.73. The lowest BCUT2D eigenvalue weighted by molar-refractivity contribution is 0.434. The van der Waals surface area contributed by atoms with Gasteiger partial charge >= 0.3 is 0 Å². The summed E-state index contributed by atoms with van der Waals surface area (Å²) >= 11 is 0. The Kier molecular flexibility index (Phi) is 4.42. The van der Waals surface area contributed by atoms with Crippen molar-refractivity contribution in [3.8, 4) is 0 Å². The predicted octanol–water partition coefficient (Wildman–Crippen LogP) is 2.55. The summed E-state index contributed by atoms with van der Waals surface area (Å²) in [5, 5.41) is 3.34. The lowest BCUT2D eigenvalue weighted by atomic mass is 10.0. The molecular weight excluding hydrogens is 214 g/mol. The summed E-state index contributed by atoms with van der Waals surface area (Å²) in [6.45, 7) is 7.32. The molecule has 1 aromatic heterocycles. The summed E-state index contributed by atoms with van der Waals surface area (Å²) in [6, 6.07) is 1.35. The minimum atomic E-state index is 0.554. The molecule has 0 spiro atoms. The number of nitrogens with zero attached hydrogens (tertiary/aromatic N) is 2. The molecule has 4 nitrogen and oxygen atoms in total. The van der Waals surface area contributed by atoms with Crippen LogP contribution in [0.4, 0.5) is 6.01 Å². The first kappa shape index (κ1) is 12.4. The SMILES string of the molecule is CCCNCc1coc(N2CCCCC2C)n1. The lowest BCUT2D eigenvalue weighted by Crippen LogP contribution is -2.37. The third kappa shape index (κ3) is 3.22. The van der Waals surface area contributed by atoms with Gasteiger partial charge in [0.25, 0.3) is 6.01 Å². The molecule has 1 atom stereocenters. The number of hydrogen-bond acceptors (Lipinski definition) is 4. The average molecular weight is 237 g/mol. The second kappa shape index (κ2) is 6.05. The molecule has 1 aliphatic heterocycles. The van der Waals surface area contributed by atoms with Crippen molar-refractivity contribution < 1.29 is 4.42 Å². The van der Waals surface area contributed by atoms with Crippen LogP contribution in [0.15, 0.2) is 10.7 Å². The van der Waals surface area contributed by atoms with Crippen LogP contribution in [0.25, 0.3) is 0 Å². The molecule has 1 N–H and O–H groups in total. The fraction of sp³-hybridized carbons (Fsp3) is 0.769. The van der Waals surface area contributed by atoms with E-state index in [0.29, 0.717) is 6.04 Å². The van der Waals surface area contributed by atoms with Crippen molar-refractivity contribution in [3.63, 3.8) is 0 Å². The number of aromatic nitrogens is 1. The van der Waals surface area contributed by atoms with Crippen molar-refractivity contribution in [3.05, 3.63) is 12.0 Å². The van der Waals surface area contributed by atoms with Crippen molar-refractivity contribution in [2.75, 3.05) is 18.0 Å². The lowest BCUT2D eigenvalue weighted by Gasteiger charge is -2.31. The molecule has 0 bridgehead atoms. The number of piperidine rings is 1. The van der Waals surface area contributed by atoms with Crippen molar-refractivity contribution in [2.24, 2.45) is 0 Å². The Morgan fingerprint density at radius 3 is 3.18 bits per heavy atom. The van der Waals surface area contributed by atoms with Gasteiger partial charge in [0.1, 0.15) is 6.26 Å². The first-order valence-electron chi connectivity index (χ1n) is 6.73. The van der Waals surface area contributed by atoms with E-state index in [0.717, 1.165) is 37.8 Å². The van der Waals surface area contributed by atoms with Crippen LogP contribution in [0.3, 0.4) is 0 Å². The monoisotopic (exact) mass is 237 g/mol. The summed E-state index contributed by atoms with van der Waals surface area (Å²) < 4.78 is 5.58. The summed E-state index contributed by atoms with van der Waals surface area (Å²) in [7, 11) is 0. The number of oxazole rings is 1.